The Kier molecular flexibility index (Phi) is 7.97. The third kappa shape index (κ3) is 5.67. The number of benzene rings is 1. The molecule has 4 N–H and O–H groups in total. The van der Waals surface area contributed by atoms with Crippen LogP contribution in [0.2, 0.25) is 0 Å². The molecule has 10 nitrogen and oxygen atoms in total. The van der Waals surface area contributed by atoms with Crippen LogP contribution in [0.1, 0.15) is 12.5 Å². The number of nitrogens with one attached hydrogen (secondary N) is 1. The zero-order chi connectivity index (χ0) is 21.6. The molecule has 0 unspecified atom stereocenters. The minimum Gasteiger partial charge on any atom is -0.493 e. The Morgan fingerprint density at radius 3 is 2.52 bits per heavy atom. The Bertz CT molecular complexity index is 751. The van der Waals surface area contributed by atoms with Crippen LogP contribution in [0.3, 0.4) is 0 Å². The highest BCUT2D eigenvalue weighted by Crippen LogP contribution is 2.32. The molecule has 29 heavy (non-hydrogen) atoms. The average molecular weight is 411 g/mol. The van der Waals surface area contributed by atoms with E-state index in [1.165, 1.54) is 33.3 Å². The summed E-state index contributed by atoms with van der Waals surface area (Å²) in [4.78, 5) is 22.7. The number of methoxy groups -OCH3 is 2. The lowest BCUT2D eigenvalue weighted by Crippen LogP contribution is -2.65. The Morgan fingerprint density at radius 1 is 1.21 bits per heavy atom. The molecule has 160 valence electrons. The van der Waals surface area contributed by atoms with Gasteiger partial charge in [0.25, 0.3) is 0 Å². The maximum atomic E-state index is 11.5. The SMILES string of the molecule is COC(=O)/C=C/c1ccc(O[C@H]2O[C@@H](CO)[C@@H](O)[C@H](O)[C@@H]2NC(C)=O)c(OC)c1. The van der Waals surface area contributed by atoms with Crippen LogP contribution in [0.4, 0.5) is 0 Å². The van der Waals surface area contributed by atoms with Crippen molar-refractivity contribution in [2.75, 3.05) is 20.8 Å². The van der Waals surface area contributed by atoms with Gasteiger partial charge >= 0.3 is 5.97 Å². The number of ether oxygens (including phenoxy) is 4. The quantitative estimate of drug-likeness (QED) is 0.335. The predicted molar refractivity (Wildman–Crippen MR) is 100 cm³/mol. The first kappa shape index (κ1) is 22.6. The van der Waals surface area contributed by atoms with Gasteiger partial charge in [-0.25, -0.2) is 4.79 Å². The first-order valence-corrected chi connectivity index (χ1v) is 8.81. The van der Waals surface area contributed by atoms with Crippen molar-refractivity contribution in [3.8, 4) is 11.5 Å². The van der Waals surface area contributed by atoms with E-state index in [4.69, 9.17) is 14.2 Å². The Hall–Kier alpha value is -2.66. The highest BCUT2D eigenvalue weighted by atomic mass is 16.7. The molecule has 0 saturated carbocycles. The highest BCUT2D eigenvalue weighted by molar-refractivity contribution is 5.87. The van der Waals surface area contributed by atoms with Crippen LogP contribution in [-0.2, 0) is 19.1 Å². The van der Waals surface area contributed by atoms with Crippen LogP contribution in [0, 0.1) is 0 Å². The molecule has 2 rings (SSSR count). The summed E-state index contributed by atoms with van der Waals surface area (Å²) in [7, 11) is 2.68. The molecule has 1 saturated heterocycles. The van der Waals surface area contributed by atoms with Crippen molar-refractivity contribution in [1.29, 1.82) is 0 Å². The molecule has 1 aliphatic rings. The van der Waals surface area contributed by atoms with Gasteiger partial charge in [-0.15, -0.1) is 0 Å². The normalized spacial score (nSPS) is 26.8. The van der Waals surface area contributed by atoms with Gasteiger partial charge < -0.3 is 39.6 Å². The van der Waals surface area contributed by atoms with Crippen LogP contribution in [0.25, 0.3) is 6.08 Å². The summed E-state index contributed by atoms with van der Waals surface area (Å²) in [6.07, 6.45) is -2.38. The summed E-state index contributed by atoms with van der Waals surface area (Å²) < 4.78 is 21.2. The van der Waals surface area contributed by atoms with E-state index < -0.39 is 49.1 Å². The van der Waals surface area contributed by atoms with E-state index in [1.807, 2.05) is 0 Å². The van der Waals surface area contributed by atoms with Gasteiger partial charge in [-0.1, -0.05) is 6.07 Å². The lowest BCUT2D eigenvalue weighted by molar-refractivity contribution is -0.244. The van der Waals surface area contributed by atoms with Gasteiger partial charge in [-0.3, -0.25) is 4.79 Å². The maximum absolute atomic E-state index is 11.5. The van der Waals surface area contributed by atoms with Gasteiger partial charge in [0.05, 0.1) is 20.8 Å². The van der Waals surface area contributed by atoms with E-state index in [2.05, 4.69) is 10.1 Å². The number of carbonyl (C=O) groups excluding carboxylic acids is 2. The first-order chi connectivity index (χ1) is 13.8. The Balaban J connectivity index is 2.27. The minimum atomic E-state index is -1.43. The van der Waals surface area contributed by atoms with E-state index in [0.717, 1.165) is 0 Å². The Labute approximate surface area is 167 Å². The van der Waals surface area contributed by atoms with Crippen LogP contribution in [-0.4, -0.2) is 78.7 Å². The lowest BCUT2D eigenvalue weighted by atomic mass is 9.97. The monoisotopic (exact) mass is 411 g/mol. The molecule has 1 aromatic rings. The largest absolute Gasteiger partial charge is 0.493 e. The molecule has 0 aliphatic carbocycles. The van der Waals surface area contributed by atoms with Crippen molar-refractivity contribution in [2.45, 2.75) is 37.6 Å². The first-order valence-electron chi connectivity index (χ1n) is 8.81. The van der Waals surface area contributed by atoms with Gasteiger partial charge in [-0.2, -0.15) is 0 Å². The molecule has 1 aliphatic heterocycles. The number of hydrogen-bond donors (Lipinski definition) is 4. The standard InChI is InChI=1S/C19H25NO9/c1-10(22)20-16-18(25)17(24)14(9-21)29-19(16)28-12-6-4-11(8-13(12)26-2)5-7-15(23)27-3/h4-8,14,16-19,21,24-25H,9H2,1-3H3,(H,20,22)/b7-5+/t14-,16-,17+,18+,19-/m0/s1. The zero-order valence-electron chi connectivity index (χ0n) is 16.3. The molecule has 1 heterocycles. The third-order valence-corrected chi connectivity index (χ3v) is 4.29. The van der Waals surface area contributed by atoms with Crippen LogP contribution in [0.15, 0.2) is 24.3 Å². The van der Waals surface area contributed by atoms with E-state index in [0.29, 0.717) is 11.3 Å². The predicted octanol–water partition coefficient (Wildman–Crippen LogP) is -0.796. The number of rotatable bonds is 7. The van der Waals surface area contributed by atoms with Gasteiger partial charge in [-0.05, 0) is 23.8 Å². The summed E-state index contributed by atoms with van der Waals surface area (Å²) in [5.41, 5.74) is 0.631. The summed E-state index contributed by atoms with van der Waals surface area (Å²) in [5.74, 6) is -0.455. The molecular formula is C19H25NO9. The minimum absolute atomic E-state index is 0.225. The summed E-state index contributed by atoms with van der Waals surface area (Å²) >= 11 is 0. The van der Waals surface area contributed by atoms with Gasteiger partial charge in [0.15, 0.2) is 11.5 Å². The second-order valence-corrected chi connectivity index (χ2v) is 6.32. The summed E-state index contributed by atoms with van der Waals surface area (Å²) in [6, 6.07) is 3.70. The van der Waals surface area contributed by atoms with Crippen molar-refractivity contribution in [3.05, 3.63) is 29.8 Å². The van der Waals surface area contributed by atoms with Gasteiger partial charge in [0.2, 0.25) is 12.2 Å². The van der Waals surface area contributed by atoms with Crippen molar-refractivity contribution in [2.24, 2.45) is 0 Å². The van der Waals surface area contributed by atoms with Crippen molar-refractivity contribution in [1.82, 2.24) is 5.32 Å². The molecule has 1 amide bonds. The topological polar surface area (TPSA) is 144 Å². The number of aliphatic hydroxyl groups excluding tert-OH is 3. The van der Waals surface area contributed by atoms with Crippen molar-refractivity contribution < 1.29 is 43.9 Å². The highest BCUT2D eigenvalue weighted by Gasteiger charge is 2.46. The van der Waals surface area contributed by atoms with E-state index in [1.54, 1.807) is 18.2 Å². The summed E-state index contributed by atoms with van der Waals surface area (Å²) in [6.45, 7) is 0.691. The fourth-order valence-corrected chi connectivity index (χ4v) is 2.81. The van der Waals surface area contributed by atoms with Crippen molar-refractivity contribution >= 4 is 18.0 Å². The molecule has 0 aromatic heterocycles. The van der Waals surface area contributed by atoms with Crippen LogP contribution >= 0.6 is 0 Å². The van der Waals surface area contributed by atoms with Crippen molar-refractivity contribution in [3.63, 3.8) is 0 Å². The van der Waals surface area contributed by atoms with Crippen LogP contribution in [0.5, 0.6) is 11.5 Å². The second-order valence-electron chi connectivity index (χ2n) is 6.32. The average Bonchev–Trinajstić information content (AvgIpc) is 2.71. The molecular weight excluding hydrogens is 386 g/mol. The number of hydrogen-bond acceptors (Lipinski definition) is 9. The van der Waals surface area contributed by atoms with Gasteiger partial charge in [0.1, 0.15) is 24.4 Å². The fraction of sp³-hybridized carbons (Fsp3) is 0.474. The van der Waals surface area contributed by atoms with Crippen LogP contribution < -0.4 is 14.8 Å². The number of esters is 1. The van der Waals surface area contributed by atoms with E-state index in [9.17, 15) is 24.9 Å². The van der Waals surface area contributed by atoms with E-state index in [-0.39, 0.29) is 5.75 Å². The molecule has 5 atom stereocenters. The smallest absolute Gasteiger partial charge is 0.330 e. The van der Waals surface area contributed by atoms with E-state index >= 15 is 0 Å². The molecule has 0 bridgehead atoms. The van der Waals surface area contributed by atoms with Gasteiger partial charge in [0, 0.05) is 13.0 Å². The molecule has 10 heteroatoms. The number of amides is 1. The molecule has 0 spiro atoms. The zero-order valence-corrected chi connectivity index (χ0v) is 16.3. The summed E-state index contributed by atoms with van der Waals surface area (Å²) in [5, 5.41) is 32.3. The Morgan fingerprint density at radius 2 is 1.93 bits per heavy atom. The third-order valence-electron chi connectivity index (χ3n) is 4.29. The fourth-order valence-electron chi connectivity index (χ4n) is 2.81. The maximum Gasteiger partial charge on any atom is 0.330 e. The number of carbonyl (C=O) groups is 2. The molecule has 0 radical (unpaired) electrons. The second kappa shape index (κ2) is 10.2. The number of aliphatic hydroxyl groups is 3. The lowest BCUT2D eigenvalue weighted by Gasteiger charge is -2.42. The molecule has 1 fully saturated rings. The molecule has 1 aromatic carbocycles.